The molecule has 0 amide bonds. The third-order valence-corrected chi connectivity index (χ3v) is 3.32. The standard InChI is InChI=1S/C10H21NS/c1-8(2)11-6-4-5-10(7-11)9(3)12/h8-10,12H,4-7H2,1-3H3. The molecule has 12 heavy (non-hydrogen) atoms. The summed E-state index contributed by atoms with van der Waals surface area (Å²) in [6.45, 7) is 9.33. The average Bonchev–Trinajstić information content (AvgIpc) is 2.04. The van der Waals surface area contributed by atoms with Crippen LogP contribution in [0.2, 0.25) is 0 Å². The molecule has 0 radical (unpaired) electrons. The minimum absolute atomic E-state index is 0.562. The van der Waals surface area contributed by atoms with Crippen LogP contribution in [0.3, 0.4) is 0 Å². The Kier molecular flexibility index (Phi) is 3.91. The Morgan fingerprint density at radius 1 is 1.33 bits per heavy atom. The van der Waals surface area contributed by atoms with Gasteiger partial charge in [-0.25, -0.2) is 0 Å². The fourth-order valence-corrected chi connectivity index (χ4v) is 2.15. The highest BCUT2D eigenvalue weighted by Gasteiger charge is 2.23. The second-order valence-corrected chi connectivity index (χ2v) is 5.05. The lowest BCUT2D eigenvalue weighted by molar-refractivity contribution is 0.140. The number of nitrogens with zero attached hydrogens (tertiary/aromatic N) is 1. The van der Waals surface area contributed by atoms with Crippen LogP contribution in [-0.2, 0) is 0 Å². The molecule has 0 bridgehead atoms. The minimum atomic E-state index is 0.562. The summed E-state index contributed by atoms with van der Waals surface area (Å²) in [4.78, 5) is 2.57. The van der Waals surface area contributed by atoms with Crippen LogP contribution < -0.4 is 0 Å². The van der Waals surface area contributed by atoms with Gasteiger partial charge in [0.05, 0.1) is 0 Å². The first-order valence-corrected chi connectivity index (χ1v) is 5.55. The van der Waals surface area contributed by atoms with Gasteiger partial charge in [0.1, 0.15) is 0 Å². The van der Waals surface area contributed by atoms with Gasteiger partial charge >= 0.3 is 0 Å². The molecular weight excluding hydrogens is 166 g/mol. The Morgan fingerprint density at radius 2 is 2.00 bits per heavy atom. The number of piperidine rings is 1. The Labute approximate surface area is 81.9 Å². The largest absolute Gasteiger partial charge is 0.301 e. The summed E-state index contributed by atoms with van der Waals surface area (Å²) in [6, 6.07) is 0.708. The Balaban J connectivity index is 2.40. The molecule has 1 aliphatic heterocycles. The summed E-state index contributed by atoms with van der Waals surface area (Å²) in [5, 5.41) is 0.562. The number of likely N-dealkylation sites (tertiary alicyclic amines) is 1. The van der Waals surface area contributed by atoms with Gasteiger partial charge in [-0.15, -0.1) is 0 Å². The topological polar surface area (TPSA) is 3.24 Å². The molecule has 1 fully saturated rings. The van der Waals surface area contributed by atoms with Crippen molar-refractivity contribution in [3.8, 4) is 0 Å². The van der Waals surface area contributed by atoms with Crippen molar-refractivity contribution >= 4 is 12.6 Å². The monoisotopic (exact) mass is 187 g/mol. The highest BCUT2D eigenvalue weighted by Crippen LogP contribution is 2.23. The van der Waals surface area contributed by atoms with Crippen molar-refractivity contribution in [2.75, 3.05) is 13.1 Å². The molecule has 0 spiro atoms. The molecule has 0 aromatic carbocycles. The quantitative estimate of drug-likeness (QED) is 0.650. The molecule has 1 aliphatic rings. The van der Waals surface area contributed by atoms with Crippen molar-refractivity contribution in [1.29, 1.82) is 0 Å². The van der Waals surface area contributed by atoms with Gasteiger partial charge in [0.25, 0.3) is 0 Å². The molecule has 0 aromatic rings. The van der Waals surface area contributed by atoms with Crippen LogP contribution in [0.5, 0.6) is 0 Å². The van der Waals surface area contributed by atoms with Gasteiger partial charge in [-0.3, -0.25) is 0 Å². The SMILES string of the molecule is CC(S)C1CCCN(C(C)C)C1. The molecule has 0 aromatic heterocycles. The van der Waals surface area contributed by atoms with Crippen LogP contribution in [0, 0.1) is 5.92 Å². The number of hydrogen-bond acceptors (Lipinski definition) is 2. The fourth-order valence-electron chi connectivity index (χ4n) is 1.90. The van der Waals surface area contributed by atoms with Crippen LogP contribution in [0.4, 0.5) is 0 Å². The Morgan fingerprint density at radius 3 is 2.50 bits per heavy atom. The van der Waals surface area contributed by atoms with Gasteiger partial charge in [0, 0.05) is 17.8 Å². The van der Waals surface area contributed by atoms with Crippen molar-refractivity contribution in [3.63, 3.8) is 0 Å². The molecule has 2 heteroatoms. The Hall–Kier alpha value is 0.310. The van der Waals surface area contributed by atoms with E-state index in [1.54, 1.807) is 0 Å². The molecule has 0 aliphatic carbocycles. The minimum Gasteiger partial charge on any atom is -0.301 e. The first-order valence-electron chi connectivity index (χ1n) is 5.03. The summed E-state index contributed by atoms with van der Waals surface area (Å²) in [5.74, 6) is 0.810. The maximum atomic E-state index is 4.52. The van der Waals surface area contributed by atoms with E-state index in [2.05, 4.69) is 38.3 Å². The summed E-state index contributed by atoms with van der Waals surface area (Å²) >= 11 is 4.52. The highest BCUT2D eigenvalue weighted by molar-refractivity contribution is 7.80. The van der Waals surface area contributed by atoms with Gasteiger partial charge in [-0.05, 0) is 39.2 Å². The molecule has 72 valence electrons. The number of hydrogen-bond donors (Lipinski definition) is 1. The van der Waals surface area contributed by atoms with Crippen molar-refractivity contribution in [2.24, 2.45) is 5.92 Å². The van der Waals surface area contributed by atoms with E-state index >= 15 is 0 Å². The molecule has 0 saturated carbocycles. The van der Waals surface area contributed by atoms with Crippen LogP contribution in [0.1, 0.15) is 33.6 Å². The van der Waals surface area contributed by atoms with Crippen molar-refractivity contribution in [2.45, 2.75) is 44.9 Å². The van der Waals surface area contributed by atoms with E-state index in [0.29, 0.717) is 11.3 Å². The predicted octanol–water partition coefficient (Wildman–Crippen LogP) is 2.43. The lowest BCUT2D eigenvalue weighted by Gasteiger charge is -2.36. The van der Waals surface area contributed by atoms with E-state index in [9.17, 15) is 0 Å². The van der Waals surface area contributed by atoms with E-state index < -0.39 is 0 Å². The van der Waals surface area contributed by atoms with Crippen molar-refractivity contribution < 1.29 is 0 Å². The molecule has 2 atom stereocenters. The first kappa shape index (κ1) is 10.4. The second-order valence-electron chi connectivity index (χ2n) is 4.23. The summed E-state index contributed by atoms with van der Waals surface area (Å²) in [6.07, 6.45) is 2.72. The third kappa shape index (κ3) is 2.67. The molecule has 0 N–H and O–H groups in total. The predicted molar refractivity (Wildman–Crippen MR) is 57.9 cm³/mol. The van der Waals surface area contributed by atoms with Crippen molar-refractivity contribution in [3.05, 3.63) is 0 Å². The smallest absolute Gasteiger partial charge is 0.00387 e. The zero-order chi connectivity index (χ0) is 9.14. The number of thiol groups is 1. The van der Waals surface area contributed by atoms with E-state index in [-0.39, 0.29) is 0 Å². The zero-order valence-corrected chi connectivity index (χ0v) is 9.35. The summed E-state index contributed by atoms with van der Waals surface area (Å²) in [7, 11) is 0. The van der Waals surface area contributed by atoms with Gasteiger partial charge in [-0.2, -0.15) is 12.6 Å². The van der Waals surface area contributed by atoms with Crippen LogP contribution in [0.15, 0.2) is 0 Å². The van der Waals surface area contributed by atoms with Gasteiger partial charge in [0.15, 0.2) is 0 Å². The summed E-state index contributed by atoms with van der Waals surface area (Å²) < 4.78 is 0. The van der Waals surface area contributed by atoms with Crippen LogP contribution >= 0.6 is 12.6 Å². The number of rotatable bonds is 2. The maximum absolute atomic E-state index is 4.52. The maximum Gasteiger partial charge on any atom is 0.00387 e. The molecule has 2 unspecified atom stereocenters. The van der Waals surface area contributed by atoms with E-state index in [1.807, 2.05) is 0 Å². The normalized spacial score (nSPS) is 29.2. The highest BCUT2D eigenvalue weighted by atomic mass is 32.1. The molecule has 1 saturated heterocycles. The molecule has 1 rings (SSSR count). The van der Waals surface area contributed by atoms with Gasteiger partial charge in [-0.1, -0.05) is 6.92 Å². The summed E-state index contributed by atoms with van der Waals surface area (Å²) in [5.41, 5.74) is 0. The zero-order valence-electron chi connectivity index (χ0n) is 8.45. The molecular formula is C10H21NS. The molecule has 1 nitrogen and oxygen atoms in total. The second kappa shape index (κ2) is 4.52. The van der Waals surface area contributed by atoms with E-state index in [1.165, 1.54) is 25.9 Å². The average molecular weight is 187 g/mol. The van der Waals surface area contributed by atoms with E-state index in [4.69, 9.17) is 0 Å². The lowest BCUT2D eigenvalue weighted by atomic mass is 9.94. The third-order valence-electron chi connectivity index (χ3n) is 2.90. The van der Waals surface area contributed by atoms with E-state index in [0.717, 1.165) is 5.92 Å². The first-order chi connectivity index (χ1) is 5.61. The lowest BCUT2D eigenvalue weighted by Crippen LogP contribution is -2.42. The van der Waals surface area contributed by atoms with Crippen molar-refractivity contribution in [1.82, 2.24) is 4.90 Å². The molecule has 1 heterocycles. The Bertz CT molecular complexity index is 120. The van der Waals surface area contributed by atoms with Gasteiger partial charge < -0.3 is 4.90 Å². The van der Waals surface area contributed by atoms with Crippen LogP contribution in [0.25, 0.3) is 0 Å². The van der Waals surface area contributed by atoms with Gasteiger partial charge in [0.2, 0.25) is 0 Å². The van der Waals surface area contributed by atoms with Crippen LogP contribution in [-0.4, -0.2) is 29.3 Å². The fraction of sp³-hybridized carbons (Fsp3) is 1.00.